The van der Waals surface area contributed by atoms with Crippen LogP contribution in [0.1, 0.15) is 38.1 Å². The second-order valence-corrected chi connectivity index (χ2v) is 11.7. The number of carbonyl (C=O) groups excluding carboxylic acids is 3. The summed E-state index contributed by atoms with van der Waals surface area (Å²) in [7, 11) is 0. The molecule has 0 saturated carbocycles. The first-order chi connectivity index (χ1) is 20.0. The van der Waals surface area contributed by atoms with Crippen molar-refractivity contribution in [1.29, 1.82) is 0 Å². The van der Waals surface area contributed by atoms with Crippen molar-refractivity contribution >= 4 is 45.8 Å². The smallest absolute Gasteiger partial charge is 0.238 e. The zero-order valence-corrected chi connectivity index (χ0v) is 22.8. The molecule has 202 valence electrons. The Labute approximate surface area is 240 Å². The fraction of sp³-hybridized carbons (Fsp3) is 0.182. The molecule has 8 heteroatoms. The molecule has 0 bridgehead atoms. The molecule has 1 saturated heterocycles. The topological polar surface area (TPSA) is 84.9 Å². The number of amides is 1. The maximum atomic E-state index is 14.9. The normalized spacial score (nSPS) is 24.9. The van der Waals surface area contributed by atoms with Gasteiger partial charge < -0.3 is 19.7 Å². The lowest BCUT2D eigenvalue weighted by atomic mass is 9.64. The predicted octanol–water partition coefficient (Wildman–Crippen LogP) is 5.72. The molecule has 3 aromatic carbocycles. The Morgan fingerprint density at radius 1 is 0.951 bits per heavy atom. The number of ether oxygens (including phenoxy) is 2. The highest BCUT2D eigenvalue weighted by atomic mass is 32.1. The molecule has 1 N–H and O–H groups in total. The molecule has 1 amide bonds. The molecular formula is C33H24N2O5S. The fourth-order valence-electron chi connectivity index (χ4n) is 7.18. The number of allylic oxidation sites excluding steroid dienone is 1. The summed E-state index contributed by atoms with van der Waals surface area (Å²) in [5, 5.41) is 4.93. The van der Waals surface area contributed by atoms with Crippen LogP contribution in [0, 0.1) is 5.92 Å². The molecular weight excluding hydrogens is 536 g/mol. The molecule has 8 rings (SSSR count). The van der Waals surface area contributed by atoms with Crippen molar-refractivity contribution in [2.24, 2.45) is 5.92 Å². The molecule has 0 unspecified atom stereocenters. The molecule has 4 aromatic rings. The average molecular weight is 561 g/mol. The summed E-state index contributed by atoms with van der Waals surface area (Å²) in [6, 6.07) is 22.6. The number of ketones is 2. The van der Waals surface area contributed by atoms with Crippen LogP contribution in [0.2, 0.25) is 0 Å². The van der Waals surface area contributed by atoms with E-state index in [4.69, 9.17) is 9.47 Å². The van der Waals surface area contributed by atoms with E-state index in [2.05, 4.69) is 11.4 Å². The summed E-state index contributed by atoms with van der Waals surface area (Å²) in [6.45, 7) is 2.10. The van der Waals surface area contributed by atoms with Gasteiger partial charge in [0.05, 0.1) is 16.8 Å². The van der Waals surface area contributed by atoms with Crippen molar-refractivity contribution in [2.75, 3.05) is 17.0 Å². The van der Waals surface area contributed by atoms with Gasteiger partial charge in [-0.1, -0.05) is 48.5 Å². The number of nitrogens with one attached hydrogen (secondary N) is 1. The van der Waals surface area contributed by atoms with Gasteiger partial charge in [-0.15, -0.1) is 11.3 Å². The monoisotopic (exact) mass is 560 g/mol. The molecule has 4 atom stereocenters. The van der Waals surface area contributed by atoms with Crippen LogP contribution in [0.3, 0.4) is 0 Å². The highest BCUT2D eigenvalue weighted by Crippen LogP contribution is 2.59. The SMILES string of the molecule is CC1=C[C@H]2N(c3ccccc31)[C@H](C(=O)c1cccs1)[C@@H](C(=O)c1ccc3c(c1)OCO3)[C@]21C(=O)Nc2ccccc21. The van der Waals surface area contributed by atoms with Gasteiger partial charge in [0, 0.05) is 22.5 Å². The second kappa shape index (κ2) is 8.65. The molecule has 4 aliphatic heterocycles. The van der Waals surface area contributed by atoms with Crippen LogP contribution in [0.4, 0.5) is 11.4 Å². The molecule has 1 spiro atoms. The van der Waals surface area contributed by atoms with E-state index in [1.54, 1.807) is 24.3 Å². The van der Waals surface area contributed by atoms with E-state index >= 15 is 0 Å². The zero-order valence-electron chi connectivity index (χ0n) is 22.0. The van der Waals surface area contributed by atoms with E-state index < -0.39 is 23.4 Å². The molecule has 0 aliphatic carbocycles. The summed E-state index contributed by atoms with van der Waals surface area (Å²) >= 11 is 1.34. The number of para-hydroxylation sites is 2. The Hall–Kier alpha value is -4.69. The van der Waals surface area contributed by atoms with Gasteiger partial charge in [0.15, 0.2) is 23.1 Å². The molecule has 0 radical (unpaired) electrons. The van der Waals surface area contributed by atoms with Crippen LogP contribution < -0.4 is 19.7 Å². The minimum atomic E-state index is -1.35. The van der Waals surface area contributed by atoms with Gasteiger partial charge in [0.25, 0.3) is 0 Å². The number of rotatable bonds is 4. The number of carbonyl (C=O) groups is 3. The van der Waals surface area contributed by atoms with E-state index in [0.29, 0.717) is 27.6 Å². The number of hydrogen-bond acceptors (Lipinski definition) is 7. The third kappa shape index (κ3) is 3.16. The molecule has 1 aromatic heterocycles. The average Bonchev–Trinajstić information content (AvgIpc) is 3.79. The summed E-state index contributed by atoms with van der Waals surface area (Å²) in [4.78, 5) is 46.5. The lowest BCUT2D eigenvalue weighted by Gasteiger charge is -2.39. The summed E-state index contributed by atoms with van der Waals surface area (Å²) < 4.78 is 11.1. The van der Waals surface area contributed by atoms with Gasteiger partial charge in [0.1, 0.15) is 11.5 Å². The Morgan fingerprint density at radius 2 is 1.76 bits per heavy atom. The molecule has 4 aliphatic rings. The lowest BCUT2D eigenvalue weighted by molar-refractivity contribution is -0.121. The Balaban J connectivity index is 1.43. The van der Waals surface area contributed by atoms with Crippen molar-refractivity contribution < 1.29 is 23.9 Å². The summed E-state index contributed by atoms with van der Waals surface area (Å²) in [5.74, 6) is -0.746. The minimum absolute atomic E-state index is 0.0757. The summed E-state index contributed by atoms with van der Waals surface area (Å²) in [5.41, 5.74) is 3.22. The number of fused-ring (bicyclic) bond motifs is 7. The molecule has 7 nitrogen and oxygen atoms in total. The van der Waals surface area contributed by atoms with Crippen LogP contribution in [0.25, 0.3) is 5.57 Å². The minimum Gasteiger partial charge on any atom is -0.454 e. The molecule has 1 fully saturated rings. The van der Waals surface area contributed by atoms with Crippen LogP contribution in [0.5, 0.6) is 11.5 Å². The van der Waals surface area contributed by atoms with Gasteiger partial charge in [0.2, 0.25) is 12.7 Å². The number of nitrogens with zero attached hydrogens (tertiary/aromatic N) is 1. The lowest BCUT2D eigenvalue weighted by Crippen LogP contribution is -2.51. The van der Waals surface area contributed by atoms with Gasteiger partial charge >= 0.3 is 0 Å². The van der Waals surface area contributed by atoms with Gasteiger partial charge in [-0.05, 0) is 59.8 Å². The first-order valence-corrected chi connectivity index (χ1v) is 14.4. The number of anilines is 2. The van der Waals surface area contributed by atoms with Crippen LogP contribution >= 0.6 is 11.3 Å². The maximum Gasteiger partial charge on any atom is 0.238 e. The first kappa shape index (κ1) is 24.1. The summed E-state index contributed by atoms with van der Waals surface area (Å²) in [6.07, 6.45) is 2.06. The third-order valence-electron chi connectivity index (χ3n) is 8.86. The Kier molecular flexibility index (Phi) is 5.09. The third-order valence-corrected chi connectivity index (χ3v) is 9.74. The molecule has 5 heterocycles. The zero-order chi connectivity index (χ0) is 27.9. The predicted molar refractivity (Wildman–Crippen MR) is 156 cm³/mol. The van der Waals surface area contributed by atoms with Crippen molar-refractivity contribution in [3.8, 4) is 11.5 Å². The van der Waals surface area contributed by atoms with E-state index in [1.165, 1.54) is 11.3 Å². The van der Waals surface area contributed by atoms with E-state index in [9.17, 15) is 14.4 Å². The van der Waals surface area contributed by atoms with Crippen LogP contribution in [0.15, 0.2) is 90.3 Å². The van der Waals surface area contributed by atoms with E-state index in [-0.39, 0.29) is 24.3 Å². The van der Waals surface area contributed by atoms with Crippen molar-refractivity contribution in [3.05, 3.63) is 112 Å². The maximum absolute atomic E-state index is 14.9. The van der Waals surface area contributed by atoms with Crippen molar-refractivity contribution in [3.63, 3.8) is 0 Å². The van der Waals surface area contributed by atoms with E-state index in [1.807, 2.05) is 71.8 Å². The number of benzene rings is 3. The van der Waals surface area contributed by atoms with Gasteiger partial charge in [-0.2, -0.15) is 0 Å². The highest BCUT2D eigenvalue weighted by molar-refractivity contribution is 7.12. The number of thiophene rings is 1. The Bertz CT molecular complexity index is 1810. The molecule has 41 heavy (non-hydrogen) atoms. The standard InChI is InChI=1S/C33H24N2O5S/c1-18-15-27-33(21-8-3-4-9-22(21)34-32(33)38)28(30(36)19-12-13-24-25(16-19)40-17-39-24)29(31(37)26-11-6-14-41-26)35(27)23-10-5-2-7-20(18)23/h2-16,27-29H,17H2,1H3,(H,34,38)/t27-,28+,29+,33-/m1/s1. The number of Topliss-reactive ketones (excluding diaryl/α,β-unsaturated/α-hetero) is 2. The van der Waals surface area contributed by atoms with Gasteiger partial charge in [-0.25, -0.2) is 0 Å². The highest BCUT2D eigenvalue weighted by Gasteiger charge is 2.70. The van der Waals surface area contributed by atoms with Crippen molar-refractivity contribution in [1.82, 2.24) is 0 Å². The van der Waals surface area contributed by atoms with Crippen LogP contribution in [-0.2, 0) is 10.2 Å². The first-order valence-electron chi connectivity index (χ1n) is 13.5. The van der Waals surface area contributed by atoms with E-state index in [0.717, 1.165) is 22.4 Å². The fourth-order valence-corrected chi connectivity index (χ4v) is 7.88. The largest absolute Gasteiger partial charge is 0.454 e. The second-order valence-electron chi connectivity index (χ2n) is 10.8. The van der Waals surface area contributed by atoms with Crippen molar-refractivity contribution in [2.45, 2.75) is 24.4 Å². The number of hydrogen-bond donors (Lipinski definition) is 1. The Morgan fingerprint density at radius 3 is 2.61 bits per heavy atom. The van der Waals surface area contributed by atoms with Crippen LogP contribution in [-0.4, -0.2) is 36.4 Å². The van der Waals surface area contributed by atoms with Gasteiger partial charge in [-0.3, -0.25) is 14.4 Å². The quantitative estimate of drug-likeness (QED) is 0.321.